The van der Waals surface area contributed by atoms with Gasteiger partial charge in [0.25, 0.3) is 0 Å². The first kappa shape index (κ1) is 21.2. The van der Waals surface area contributed by atoms with Crippen molar-refractivity contribution < 1.29 is 9.47 Å². The highest BCUT2D eigenvalue weighted by Crippen LogP contribution is 2.41. The van der Waals surface area contributed by atoms with E-state index in [1.165, 1.54) is 0 Å². The zero-order chi connectivity index (χ0) is 22.8. The molecule has 8 heteroatoms. The molecule has 5 aromatic rings. The smallest absolute Gasteiger partial charge is 0.240 e. The van der Waals surface area contributed by atoms with Crippen LogP contribution in [0.15, 0.2) is 79.1 Å². The molecule has 0 atom stereocenters. The third kappa shape index (κ3) is 4.35. The number of fused-ring (bicyclic) bond motifs is 1. The second-order valence-corrected chi connectivity index (χ2v) is 8.18. The van der Waals surface area contributed by atoms with E-state index in [1.807, 2.05) is 72.8 Å². The molecule has 2 heterocycles. The predicted octanol–water partition coefficient (Wildman–Crippen LogP) is 6.35. The number of hydrogen-bond acceptors (Lipinski definition) is 5. The Morgan fingerprint density at radius 3 is 2.18 bits per heavy atom. The van der Waals surface area contributed by atoms with Crippen LogP contribution in [-0.4, -0.2) is 26.9 Å². The van der Waals surface area contributed by atoms with E-state index in [0.29, 0.717) is 28.2 Å². The molecule has 33 heavy (non-hydrogen) atoms. The maximum atomic E-state index is 6.27. The Balaban J connectivity index is 1.69. The van der Waals surface area contributed by atoms with E-state index in [0.717, 1.165) is 33.6 Å². The van der Waals surface area contributed by atoms with Gasteiger partial charge in [0.1, 0.15) is 18.7 Å². The van der Waals surface area contributed by atoms with E-state index >= 15 is 0 Å². The lowest BCUT2D eigenvalue weighted by molar-refractivity contribution is 0.290. The van der Waals surface area contributed by atoms with Crippen molar-refractivity contribution in [2.75, 3.05) is 7.11 Å². The highest BCUT2D eigenvalue weighted by molar-refractivity contribution is 6.31. The summed E-state index contributed by atoms with van der Waals surface area (Å²) in [5.74, 6) is 1.20. The number of benzene rings is 3. The molecule has 6 nitrogen and oxygen atoms in total. The molecule has 3 aromatic carbocycles. The molecule has 0 amide bonds. The lowest BCUT2D eigenvalue weighted by Crippen LogP contribution is -2.05. The first-order valence-corrected chi connectivity index (χ1v) is 10.9. The molecule has 0 radical (unpaired) electrons. The first-order chi connectivity index (χ1) is 16.1. The number of hydrogen-bond donors (Lipinski definition) is 0. The maximum absolute atomic E-state index is 6.27. The van der Waals surface area contributed by atoms with Crippen LogP contribution in [0.5, 0.6) is 11.6 Å². The van der Waals surface area contributed by atoms with E-state index < -0.39 is 0 Å². The van der Waals surface area contributed by atoms with Crippen LogP contribution in [0.4, 0.5) is 0 Å². The zero-order valence-corrected chi connectivity index (χ0v) is 19.1. The molecule has 5 rings (SSSR count). The Kier molecular flexibility index (Phi) is 5.86. The largest absolute Gasteiger partial charge is 0.497 e. The second-order valence-electron chi connectivity index (χ2n) is 7.31. The Morgan fingerprint density at radius 2 is 1.52 bits per heavy atom. The molecule has 0 saturated carbocycles. The SMILES string of the molecule is COc1cccc(COc2nn3cnnc3c(-c3ccc(Cl)cc3)c2-c2ccc(Cl)cc2)c1. The summed E-state index contributed by atoms with van der Waals surface area (Å²) in [5, 5.41) is 14.4. The predicted molar refractivity (Wildman–Crippen MR) is 129 cm³/mol. The summed E-state index contributed by atoms with van der Waals surface area (Å²) in [6.45, 7) is 0.304. The van der Waals surface area contributed by atoms with Crippen molar-refractivity contribution in [2.45, 2.75) is 6.61 Å². The summed E-state index contributed by atoms with van der Waals surface area (Å²) in [6, 6.07) is 22.8. The molecular formula is C25H18Cl2N4O2. The number of methoxy groups -OCH3 is 1. The van der Waals surface area contributed by atoms with Gasteiger partial charge in [-0.05, 0) is 53.1 Å². The third-order valence-corrected chi connectivity index (χ3v) is 5.70. The topological polar surface area (TPSA) is 61.5 Å². The van der Waals surface area contributed by atoms with E-state index in [-0.39, 0.29) is 0 Å². The van der Waals surface area contributed by atoms with Crippen LogP contribution < -0.4 is 9.47 Å². The van der Waals surface area contributed by atoms with Crippen LogP contribution in [0, 0.1) is 0 Å². The molecule has 0 spiro atoms. The molecular weight excluding hydrogens is 459 g/mol. The molecule has 0 aliphatic rings. The van der Waals surface area contributed by atoms with Crippen LogP contribution in [0.25, 0.3) is 27.9 Å². The highest BCUT2D eigenvalue weighted by Gasteiger charge is 2.21. The van der Waals surface area contributed by atoms with Gasteiger partial charge in [0.15, 0.2) is 5.65 Å². The van der Waals surface area contributed by atoms with Gasteiger partial charge in [0.05, 0.1) is 12.7 Å². The standard InChI is InChI=1S/C25H18Cl2N4O2/c1-32-21-4-2-3-16(13-21)14-33-25-23(18-7-11-20(27)12-8-18)22(17-5-9-19(26)10-6-17)24-29-28-15-31(24)30-25/h2-13,15H,14H2,1H3. The van der Waals surface area contributed by atoms with Crippen LogP contribution in [0.1, 0.15) is 5.56 Å². The lowest BCUT2D eigenvalue weighted by atomic mass is 9.96. The average Bonchev–Trinajstić information content (AvgIpc) is 3.31. The van der Waals surface area contributed by atoms with Crippen LogP contribution >= 0.6 is 23.2 Å². The summed E-state index contributed by atoms with van der Waals surface area (Å²) in [5.41, 5.74) is 4.99. The number of nitrogens with zero attached hydrogens (tertiary/aromatic N) is 4. The molecule has 0 saturated heterocycles. The molecule has 0 bridgehead atoms. The fourth-order valence-corrected chi connectivity index (χ4v) is 3.88. The minimum atomic E-state index is 0.304. The van der Waals surface area contributed by atoms with Crippen molar-refractivity contribution in [3.05, 3.63) is 94.7 Å². The summed E-state index contributed by atoms with van der Waals surface area (Å²) in [7, 11) is 1.64. The Morgan fingerprint density at radius 1 is 0.848 bits per heavy atom. The van der Waals surface area contributed by atoms with Gasteiger partial charge in [-0.25, -0.2) is 0 Å². The van der Waals surface area contributed by atoms with Gasteiger partial charge in [-0.3, -0.25) is 0 Å². The van der Waals surface area contributed by atoms with Gasteiger partial charge in [0, 0.05) is 15.6 Å². The Bertz CT molecular complexity index is 1420. The van der Waals surface area contributed by atoms with E-state index in [2.05, 4.69) is 15.3 Å². The number of halogens is 2. The van der Waals surface area contributed by atoms with Gasteiger partial charge in [-0.1, -0.05) is 59.6 Å². The average molecular weight is 477 g/mol. The van der Waals surface area contributed by atoms with E-state index in [4.69, 9.17) is 32.7 Å². The van der Waals surface area contributed by atoms with Gasteiger partial charge < -0.3 is 9.47 Å². The van der Waals surface area contributed by atoms with Gasteiger partial charge >= 0.3 is 0 Å². The lowest BCUT2D eigenvalue weighted by Gasteiger charge is -2.16. The molecule has 0 aliphatic heterocycles. The van der Waals surface area contributed by atoms with Crippen molar-refractivity contribution in [3.63, 3.8) is 0 Å². The monoisotopic (exact) mass is 476 g/mol. The molecule has 0 N–H and O–H groups in total. The fourth-order valence-electron chi connectivity index (χ4n) is 3.62. The summed E-state index contributed by atoms with van der Waals surface area (Å²) in [4.78, 5) is 0. The van der Waals surface area contributed by atoms with Gasteiger partial charge in [0.2, 0.25) is 5.88 Å². The fraction of sp³-hybridized carbons (Fsp3) is 0.0800. The normalized spacial score (nSPS) is 11.0. The summed E-state index contributed by atoms with van der Waals surface area (Å²) < 4.78 is 13.2. The molecule has 164 valence electrons. The third-order valence-electron chi connectivity index (χ3n) is 5.19. The Hall–Kier alpha value is -3.61. The minimum Gasteiger partial charge on any atom is -0.497 e. The number of aromatic nitrogens is 4. The van der Waals surface area contributed by atoms with Gasteiger partial charge in [-0.2, -0.15) is 4.52 Å². The van der Waals surface area contributed by atoms with Crippen molar-refractivity contribution in [3.8, 4) is 33.9 Å². The summed E-state index contributed by atoms with van der Waals surface area (Å²) in [6.07, 6.45) is 1.55. The van der Waals surface area contributed by atoms with E-state index in [1.54, 1.807) is 18.0 Å². The molecule has 2 aromatic heterocycles. The zero-order valence-electron chi connectivity index (χ0n) is 17.6. The van der Waals surface area contributed by atoms with Crippen molar-refractivity contribution >= 4 is 28.8 Å². The Labute approximate surface area is 200 Å². The van der Waals surface area contributed by atoms with E-state index in [9.17, 15) is 0 Å². The van der Waals surface area contributed by atoms with Gasteiger partial charge in [-0.15, -0.1) is 15.3 Å². The minimum absolute atomic E-state index is 0.304. The molecule has 0 aliphatic carbocycles. The van der Waals surface area contributed by atoms with Crippen molar-refractivity contribution in [1.82, 2.24) is 19.8 Å². The number of rotatable bonds is 6. The van der Waals surface area contributed by atoms with Crippen molar-refractivity contribution in [1.29, 1.82) is 0 Å². The first-order valence-electron chi connectivity index (χ1n) is 10.1. The van der Waals surface area contributed by atoms with Crippen LogP contribution in [0.2, 0.25) is 10.0 Å². The second kappa shape index (κ2) is 9.10. The molecule has 0 unspecified atom stereocenters. The number of ether oxygens (including phenoxy) is 2. The summed E-state index contributed by atoms with van der Waals surface area (Å²) >= 11 is 12.3. The molecule has 0 fully saturated rings. The quantitative estimate of drug-likeness (QED) is 0.285. The van der Waals surface area contributed by atoms with Crippen LogP contribution in [0.3, 0.4) is 0 Å². The maximum Gasteiger partial charge on any atom is 0.240 e. The van der Waals surface area contributed by atoms with Crippen molar-refractivity contribution in [2.24, 2.45) is 0 Å². The highest BCUT2D eigenvalue weighted by atomic mass is 35.5. The van der Waals surface area contributed by atoms with Crippen LogP contribution in [-0.2, 0) is 6.61 Å².